The van der Waals surface area contributed by atoms with Crippen LogP contribution in [-0.2, 0) is 22.2 Å². The third-order valence-electron chi connectivity index (χ3n) is 7.18. The molecule has 13 heteroatoms. The molecule has 0 fully saturated rings. The molecule has 0 unspecified atom stereocenters. The maximum absolute atomic E-state index is 15.3. The van der Waals surface area contributed by atoms with Crippen LogP contribution in [-0.4, -0.2) is 50.2 Å². The zero-order chi connectivity index (χ0) is 27.9. The second-order valence-electron chi connectivity index (χ2n) is 10.3. The number of ether oxygens (including phenoxy) is 1. The van der Waals surface area contributed by atoms with E-state index >= 15 is 4.39 Å². The van der Waals surface area contributed by atoms with E-state index < -0.39 is 40.1 Å². The predicted molar refractivity (Wildman–Crippen MR) is 135 cm³/mol. The lowest BCUT2D eigenvalue weighted by atomic mass is 9.97. The molecule has 9 nitrogen and oxygen atoms in total. The van der Waals surface area contributed by atoms with Crippen LogP contribution in [0.1, 0.15) is 55.1 Å². The number of alkyl halides is 2. The van der Waals surface area contributed by atoms with Gasteiger partial charge in [-0.3, -0.25) is 0 Å². The molecule has 4 heterocycles. The molecule has 1 N–H and O–H groups in total. The van der Waals surface area contributed by atoms with Crippen LogP contribution in [0.25, 0.3) is 22.2 Å². The number of imidazole rings is 1. The van der Waals surface area contributed by atoms with Gasteiger partial charge >= 0.3 is 6.61 Å². The van der Waals surface area contributed by atoms with E-state index in [-0.39, 0.29) is 30.1 Å². The summed E-state index contributed by atoms with van der Waals surface area (Å²) in [6.07, 6.45) is 4.15. The van der Waals surface area contributed by atoms with Crippen molar-refractivity contribution in [2.45, 2.75) is 51.1 Å². The second kappa shape index (κ2) is 8.73. The van der Waals surface area contributed by atoms with Crippen molar-refractivity contribution < 1.29 is 31.4 Å². The largest absolute Gasteiger partial charge is 0.434 e. The maximum Gasteiger partial charge on any atom is 0.387 e. The lowest BCUT2D eigenvalue weighted by Gasteiger charge is -2.26. The molecule has 0 saturated carbocycles. The van der Waals surface area contributed by atoms with Crippen LogP contribution in [0.5, 0.6) is 5.75 Å². The number of aromatic nitrogens is 4. The number of hydrogen-bond donors (Lipinski definition) is 1. The van der Waals surface area contributed by atoms with Crippen molar-refractivity contribution in [2.24, 2.45) is 0 Å². The Bertz CT molecular complexity index is 1720. The number of halogens is 3. The molecule has 2 aliphatic heterocycles. The fraction of sp³-hybridized carbons (Fsp3) is 0.346. The highest BCUT2D eigenvalue weighted by molar-refractivity contribution is 7.88. The summed E-state index contributed by atoms with van der Waals surface area (Å²) in [6, 6.07) is 6.22. The zero-order valence-corrected chi connectivity index (χ0v) is 22.0. The minimum Gasteiger partial charge on any atom is -0.434 e. The average Bonchev–Trinajstić information content (AvgIpc) is 3.30. The fourth-order valence-electron chi connectivity index (χ4n) is 5.55. The highest BCUT2D eigenvalue weighted by Gasteiger charge is 2.46. The van der Waals surface area contributed by atoms with Gasteiger partial charge in [-0.15, -0.1) is 0 Å². The van der Waals surface area contributed by atoms with Crippen molar-refractivity contribution >= 4 is 21.1 Å². The summed E-state index contributed by atoms with van der Waals surface area (Å²) < 4.78 is 75.7. The average molecular weight is 560 g/mol. The van der Waals surface area contributed by atoms with Gasteiger partial charge in [0.05, 0.1) is 29.4 Å². The van der Waals surface area contributed by atoms with E-state index in [1.54, 1.807) is 22.8 Å². The molecular weight excluding hydrogens is 535 g/mol. The first-order chi connectivity index (χ1) is 18.3. The first-order valence-corrected chi connectivity index (χ1v) is 14.0. The molecule has 0 spiro atoms. The Hall–Kier alpha value is -3.55. The van der Waals surface area contributed by atoms with Gasteiger partial charge in [0.1, 0.15) is 23.0 Å². The minimum absolute atomic E-state index is 0.0382. The molecule has 2 aromatic heterocycles. The fourth-order valence-corrected chi connectivity index (χ4v) is 6.56. The highest BCUT2D eigenvalue weighted by Crippen LogP contribution is 2.51. The van der Waals surface area contributed by atoms with Crippen molar-refractivity contribution in [2.75, 3.05) is 6.26 Å². The number of nitrogens with zero attached hydrogens (tertiary/aromatic N) is 5. The van der Waals surface area contributed by atoms with Gasteiger partial charge in [-0.2, -0.15) is 13.1 Å². The Morgan fingerprint density at radius 2 is 1.87 bits per heavy atom. The quantitative estimate of drug-likeness (QED) is 0.389. The molecule has 6 rings (SSSR count). The Labute approximate surface area is 222 Å². The Morgan fingerprint density at radius 3 is 2.51 bits per heavy atom. The van der Waals surface area contributed by atoms with Crippen LogP contribution in [0.3, 0.4) is 0 Å². The monoisotopic (exact) mass is 559 g/mol. The van der Waals surface area contributed by atoms with Gasteiger partial charge in [-0.25, -0.2) is 27.8 Å². The topological polar surface area (TPSA) is 110 Å². The lowest BCUT2D eigenvalue weighted by molar-refractivity contribution is -0.0507. The molecular formula is C26H24F3N5O4S. The number of sulfonamides is 1. The molecule has 2 bridgehead atoms. The van der Waals surface area contributed by atoms with Crippen LogP contribution >= 0.6 is 0 Å². The molecule has 2 atom stereocenters. The van der Waals surface area contributed by atoms with Gasteiger partial charge in [-0.05, 0) is 38.0 Å². The van der Waals surface area contributed by atoms with Crippen molar-refractivity contribution in [1.29, 1.82) is 0 Å². The van der Waals surface area contributed by atoms with E-state index in [1.165, 1.54) is 42.7 Å². The first kappa shape index (κ1) is 25.7. The summed E-state index contributed by atoms with van der Waals surface area (Å²) in [5.74, 6) is -0.0756. The second-order valence-corrected chi connectivity index (χ2v) is 12.2. The van der Waals surface area contributed by atoms with Gasteiger partial charge in [0, 0.05) is 41.7 Å². The third kappa shape index (κ3) is 4.24. The molecule has 2 aliphatic rings. The Morgan fingerprint density at radius 1 is 1.15 bits per heavy atom. The van der Waals surface area contributed by atoms with Gasteiger partial charge in [0.15, 0.2) is 5.82 Å². The molecule has 0 saturated heterocycles. The van der Waals surface area contributed by atoms with Crippen LogP contribution in [0, 0.1) is 5.82 Å². The zero-order valence-electron chi connectivity index (χ0n) is 21.1. The van der Waals surface area contributed by atoms with Crippen LogP contribution in [0.2, 0.25) is 0 Å². The highest BCUT2D eigenvalue weighted by atomic mass is 32.2. The molecule has 4 aromatic rings. The van der Waals surface area contributed by atoms with Crippen molar-refractivity contribution in [3.8, 4) is 16.9 Å². The summed E-state index contributed by atoms with van der Waals surface area (Å²) in [4.78, 5) is 12.9. The lowest BCUT2D eigenvalue weighted by Crippen LogP contribution is -2.32. The number of benzene rings is 2. The van der Waals surface area contributed by atoms with Crippen molar-refractivity contribution in [3.63, 3.8) is 0 Å². The molecule has 0 radical (unpaired) electrons. The minimum atomic E-state index is -3.74. The van der Waals surface area contributed by atoms with Gasteiger partial charge in [0.25, 0.3) is 0 Å². The van der Waals surface area contributed by atoms with Crippen molar-refractivity contribution in [1.82, 2.24) is 23.8 Å². The molecule has 0 aliphatic carbocycles. The molecule has 204 valence electrons. The number of fused-ring (bicyclic) bond motifs is 9. The standard InChI is InChI=1S/C26H24F3N5O4S/c1-26(2,35)24-30-10-14(11-31-24)15-7-18-17(8-16(15)27)32-23-20-9-19(34(18)23)22-13(12-33(20)39(3,36)37)5-4-6-21(22)38-25(28)29/h4-8,10-11,19-20,25,35H,9,12H2,1-3H3/t19-,20+/m1/s1. The van der Waals surface area contributed by atoms with Gasteiger partial charge < -0.3 is 14.4 Å². The third-order valence-corrected chi connectivity index (χ3v) is 8.41. The summed E-state index contributed by atoms with van der Waals surface area (Å²) in [5.41, 5.74) is 1.01. The van der Waals surface area contributed by atoms with E-state index in [4.69, 9.17) is 4.74 Å². The smallest absolute Gasteiger partial charge is 0.387 e. The summed E-state index contributed by atoms with van der Waals surface area (Å²) in [5, 5.41) is 10.2. The van der Waals surface area contributed by atoms with E-state index in [2.05, 4.69) is 15.0 Å². The Kier molecular flexibility index (Phi) is 5.76. The van der Waals surface area contributed by atoms with Crippen molar-refractivity contribution in [3.05, 3.63) is 71.3 Å². The number of hydrogen-bond acceptors (Lipinski definition) is 7. The molecule has 0 amide bonds. The van der Waals surface area contributed by atoms with E-state index in [0.717, 1.165) is 6.26 Å². The van der Waals surface area contributed by atoms with E-state index in [9.17, 15) is 22.3 Å². The normalized spacial score (nSPS) is 19.3. The van der Waals surface area contributed by atoms with Crippen LogP contribution in [0.4, 0.5) is 13.2 Å². The van der Waals surface area contributed by atoms with E-state index in [1.807, 2.05) is 0 Å². The van der Waals surface area contributed by atoms with E-state index in [0.29, 0.717) is 33.5 Å². The Balaban J connectivity index is 1.57. The predicted octanol–water partition coefficient (Wildman–Crippen LogP) is 4.27. The molecule has 2 aromatic carbocycles. The number of rotatable bonds is 5. The van der Waals surface area contributed by atoms with Crippen LogP contribution in [0.15, 0.2) is 42.7 Å². The van der Waals surface area contributed by atoms with Crippen LogP contribution < -0.4 is 4.74 Å². The van der Waals surface area contributed by atoms with Gasteiger partial charge in [0.2, 0.25) is 10.0 Å². The summed E-state index contributed by atoms with van der Waals surface area (Å²) in [6.45, 7) is -0.0404. The molecule has 39 heavy (non-hydrogen) atoms. The summed E-state index contributed by atoms with van der Waals surface area (Å²) >= 11 is 0. The SMILES string of the molecule is CC(C)(O)c1ncc(-c2cc3c(cc2F)nc2n3[C@@H]3C[C@@H]2N(S(C)(=O)=O)Cc2cccc(OC(F)F)c23)cn1. The number of aliphatic hydroxyl groups is 1. The first-order valence-electron chi connectivity index (χ1n) is 12.1. The van der Waals surface area contributed by atoms with Gasteiger partial charge in [-0.1, -0.05) is 12.1 Å². The summed E-state index contributed by atoms with van der Waals surface area (Å²) in [7, 11) is -3.74. The maximum atomic E-state index is 15.3.